The number of nitrogen functional groups attached to an aromatic ring is 1. The lowest BCUT2D eigenvalue weighted by Gasteiger charge is -2.09. The van der Waals surface area contributed by atoms with Gasteiger partial charge in [-0.25, -0.2) is 9.78 Å². The van der Waals surface area contributed by atoms with Crippen molar-refractivity contribution < 1.29 is 9.53 Å². The van der Waals surface area contributed by atoms with Crippen molar-refractivity contribution in [3.05, 3.63) is 40.3 Å². The van der Waals surface area contributed by atoms with E-state index in [0.29, 0.717) is 24.4 Å². The predicted molar refractivity (Wildman–Crippen MR) is 76.3 cm³/mol. The number of hydrogen-bond acceptors (Lipinski definition) is 6. The van der Waals surface area contributed by atoms with Crippen molar-refractivity contribution in [3.63, 3.8) is 0 Å². The first-order valence-corrected chi connectivity index (χ1v) is 6.77. The lowest BCUT2D eigenvalue weighted by atomic mass is 10.1. The molecule has 19 heavy (non-hydrogen) atoms. The number of thiazole rings is 1. The normalized spacial score (nSPS) is 10.2. The van der Waals surface area contributed by atoms with Gasteiger partial charge in [-0.2, -0.15) is 0 Å². The van der Waals surface area contributed by atoms with Crippen LogP contribution in [0.25, 0.3) is 0 Å². The van der Waals surface area contributed by atoms with Crippen LogP contribution >= 0.6 is 11.3 Å². The van der Waals surface area contributed by atoms with Crippen LogP contribution in [0.4, 0.5) is 11.4 Å². The van der Waals surface area contributed by atoms with E-state index in [0.717, 1.165) is 10.7 Å². The van der Waals surface area contributed by atoms with Gasteiger partial charge in [-0.3, -0.25) is 0 Å². The minimum Gasteiger partial charge on any atom is -0.462 e. The number of aromatic nitrogens is 1. The molecule has 0 fully saturated rings. The summed E-state index contributed by atoms with van der Waals surface area (Å²) in [6.07, 6.45) is 1.76. The highest BCUT2D eigenvalue weighted by atomic mass is 32.1. The molecule has 2 rings (SSSR count). The second-order valence-corrected chi connectivity index (χ2v) is 4.78. The first-order valence-electron chi connectivity index (χ1n) is 5.89. The molecule has 0 spiro atoms. The van der Waals surface area contributed by atoms with Gasteiger partial charge in [0.25, 0.3) is 0 Å². The van der Waals surface area contributed by atoms with Crippen LogP contribution < -0.4 is 11.1 Å². The molecule has 0 aliphatic carbocycles. The molecule has 0 aliphatic rings. The highest BCUT2D eigenvalue weighted by Crippen LogP contribution is 2.19. The summed E-state index contributed by atoms with van der Waals surface area (Å²) in [6, 6.07) is 5.21. The smallest absolute Gasteiger partial charge is 0.340 e. The summed E-state index contributed by atoms with van der Waals surface area (Å²) in [5.74, 6) is -0.405. The van der Waals surface area contributed by atoms with E-state index in [1.165, 1.54) is 0 Å². The standard InChI is InChI=1S/C13H15N3O2S/c1-2-18-13(17)10-7-9(3-4-11(10)14)16-8-12-15-5-6-19-12/h3-7,16H,2,8,14H2,1H3. The van der Waals surface area contributed by atoms with Gasteiger partial charge < -0.3 is 15.8 Å². The van der Waals surface area contributed by atoms with Crippen LogP contribution in [-0.4, -0.2) is 17.6 Å². The van der Waals surface area contributed by atoms with E-state index >= 15 is 0 Å². The van der Waals surface area contributed by atoms with E-state index in [4.69, 9.17) is 10.5 Å². The molecule has 0 saturated carbocycles. The Kier molecular flexibility index (Phi) is 4.35. The summed E-state index contributed by atoms with van der Waals surface area (Å²) in [5, 5.41) is 6.10. The summed E-state index contributed by atoms with van der Waals surface area (Å²) in [7, 11) is 0. The molecule has 100 valence electrons. The maximum Gasteiger partial charge on any atom is 0.340 e. The number of carbonyl (C=O) groups excluding carboxylic acids is 1. The number of ether oxygens (including phenoxy) is 1. The number of benzene rings is 1. The van der Waals surface area contributed by atoms with Gasteiger partial charge in [0.05, 0.1) is 18.7 Å². The molecule has 5 nitrogen and oxygen atoms in total. The fraction of sp³-hybridized carbons (Fsp3) is 0.231. The van der Waals surface area contributed by atoms with E-state index in [9.17, 15) is 4.79 Å². The van der Waals surface area contributed by atoms with Gasteiger partial charge >= 0.3 is 5.97 Å². The molecule has 6 heteroatoms. The average Bonchev–Trinajstić information content (AvgIpc) is 2.91. The van der Waals surface area contributed by atoms with Crippen LogP contribution in [0.2, 0.25) is 0 Å². The quantitative estimate of drug-likeness (QED) is 0.648. The van der Waals surface area contributed by atoms with Crippen molar-refractivity contribution in [2.75, 3.05) is 17.7 Å². The van der Waals surface area contributed by atoms with E-state index in [1.54, 1.807) is 36.6 Å². The Balaban J connectivity index is 2.09. The van der Waals surface area contributed by atoms with E-state index < -0.39 is 5.97 Å². The van der Waals surface area contributed by atoms with Crippen LogP contribution in [0.5, 0.6) is 0 Å². The Hall–Kier alpha value is -2.08. The molecular weight excluding hydrogens is 262 g/mol. The first kappa shape index (κ1) is 13.4. The molecule has 0 aliphatic heterocycles. The molecule has 1 aromatic carbocycles. The Labute approximate surface area is 115 Å². The highest BCUT2D eigenvalue weighted by molar-refractivity contribution is 7.09. The van der Waals surface area contributed by atoms with E-state index in [2.05, 4.69) is 10.3 Å². The summed E-state index contributed by atoms with van der Waals surface area (Å²) >= 11 is 1.57. The third kappa shape index (κ3) is 3.45. The molecule has 0 bridgehead atoms. The fourth-order valence-electron chi connectivity index (χ4n) is 1.57. The number of anilines is 2. The van der Waals surface area contributed by atoms with Crippen LogP contribution in [0.3, 0.4) is 0 Å². The van der Waals surface area contributed by atoms with E-state index in [1.807, 2.05) is 11.4 Å². The molecule has 0 atom stereocenters. The van der Waals surface area contributed by atoms with Crippen molar-refractivity contribution in [3.8, 4) is 0 Å². The number of hydrogen-bond donors (Lipinski definition) is 2. The summed E-state index contributed by atoms with van der Waals surface area (Å²) < 4.78 is 4.96. The van der Waals surface area contributed by atoms with Crippen molar-refractivity contribution in [1.29, 1.82) is 0 Å². The number of nitrogens with two attached hydrogens (primary N) is 1. The maximum atomic E-state index is 11.7. The second kappa shape index (κ2) is 6.19. The monoisotopic (exact) mass is 277 g/mol. The SMILES string of the molecule is CCOC(=O)c1cc(NCc2nccs2)ccc1N. The van der Waals surface area contributed by atoms with Crippen molar-refractivity contribution in [1.82, 2.24) is 4.98 Å². The van der Waals surface area contributed by atoms with Crippen molar-refractivity contribution >= 4 is 28.7 Å². The molecule has 0 amide bonds. The molecule has 1 heterocycles. The second-order valence-electron chi connectivity index (χ2n) is 3.80. The lowest BCUT2D eigenvalue weighted by Crippen LogP contribution is -2.09. The minimum atomic E-state index is -0.405. The van der Waals surface area contributed by atoms with Gasteiger partial charge in [-0.05, 0) is 25.1 Å². The third-order valence-electron chi connectivity index (χ3n) is 2.48. The molecule has 0 radical (unpaired) electrons. The highest BCUT2D eigenvalue weighted by Gasteiger charge is 2.11. The number of esters is 1. The van der Waals surface area contributed by atoms with Crippen molar-refractivity contribution in [2.45, 2.75) is 13.5 Å². The van der Waals surface area contributed by atoms with E-state index in [-0.39, 0.29) is 0 Å². The zero-order chi connectivity index (χ0) is 13.7. The van der Waals surface area contributed by atoms with Crippen molar-refractivity contribution in [2.24, 2.45) is 0 Å². The van der Waals surface area contributed by atoms with Crippen LogP contribution in [0, 0.1) is 0 Å². The van der Waals surface area contributed by atoms with Crippen LogP contribution in [0.15, 0.2) is 29.8 Å². The van der Waals surface area contributed by atoms with Gasteiger partial charge in [0.2, 0.25) is 0 Å². The Morgan fingerprint density at radius 1 is 1.53 bits per heavy atom. The van der Waals surface area contributed by atoms with Gasteiger partial charge in [0.1, 0.15) is 5.01 Å². The van der Waals surface area contributed by atoms with Crippen LogP contribution in [0.1, 0.15) is 22.3 Å². The summed E-state index contributed by atoms with van der Waals surface area (Å²) in [5.41, 5.74) is 7.38. The zero-order valence-corrected chi connectivity index (χ0v) is 11.4. The molecule has 0 saturated heterocycles. The van der Waals surface area contributed by atoms with Gasteiger partial charge in [0.15, 0.2) is 0 Å². The van der Waals surface area contributed by atoms with Crippen LogP contribution in [-0.2, 0) is 11.3 Å². The molecule has 0 unspecified atom stereocenters. The minimum absolute atomic E-state index is 0.328. The number of nitrogens with zero attached hydrogens (tertiary/aromatic N) is 1. The number of rotatable bonds is 5. The number of carbonyl (C=O) groups is 1. The van der Waals surface area contributed by atoms with Gasteiger partial charge in [-0.1, -0.05) is 0 Å². The Morgan fingerprint density at radius 3 is 3.05 bits per heavy atom. The predicted octanol–water partition coefficient (Wildman–Crippen LogP) is 2.51. The summed E-state index contributed by atoms with van der Waals surface area (Å²) in [4.78, 5) is 15.9. The molecule has 2 aromatic rings. The summed E-state index contributed by atoms with van der Waals surface area (Å²) in [6.45, 7) is 2.71. The largest absolute Gasteiger partial charge is 0.462 e. The number of nitrogens with one attached hydrogen (secondary N) is 1. The Bertz CT molecular complexity index is 555. The zero-order valence-electron chi connectivity index (χ0n) is 10.6. The third-order valence-corrected chi connectivity index (χ3v) is 3.26. The average molecular weight is 277 g/mol. The van der Waals surface area contributed by atoms with Gasteiger partial charge in [0, 0.05) is 23.0 Å². The van der Waals surface area contributed by atoms with Gasteiger partial charge in [-0.15, -0.1) is 11.3 Å². The molecular formula is C13H15N3O2S. The maximum absolute atomic E-state index is 11.7. The Morgan fingerprint density at radius 2 is 2.37 bits per heavy atom. The molecule has 3 N–H and O–H groups in total. The topological polar surface area (TPSA) is 77.2 Å². The molecule has 1 aromatic heterocycles. The lowest BCUT2D eigenvalue weighted by molar-refractivity contribution is 0.0527. The first-order chi connectivity index (χ1) is 9.20. The fourth-order valence-corrected chi connectivity index (χ4v) is 2.13.